The number of carboxylic acid groups (broad SMARTS) is 1. The van der Waals surface area contributed by atoms with E-state index in [2.05, 4.69) is 10.3 Å². The molecule has 1 aromatic heterocycles. The number of hydrogen-bond donors (Lipinski definition) is 2. The Morgan fingerprint density at radius 3 is 2.71 bits per heavy atom. The maximum atomic E-state index is 11.9. The highest BCUT2D eigenvalue weighted by Crippen LogP contribution is 2.18. The molecule has 0 saturated heterocycles. The van der Waals surface area contributed by atoms with Crippen molar-refractivity contribution in [3.63, 3.8) is 0 Å². The van der Waals surface area contributed by atoms with Crippen molar-refractivity contribution in [3.05, 3.63) is 58.9 Å². The third kappa shape index (κ3) is 4.03. The lowest BCUT2D eigenvalue weighted by Gasteiger charge is -2.08. The van der Waals surface area contributed by atoms with Crippen molar-refractivity contribution < 1.29 is 14.7 Å². The van der Waals surface area contributed by atoms with Crippen molar-refractivity contribution >= 4 is 29.2 Å². The number of nitrogens with one attached hydrogen (secondary N) is 1. The summed E-state index contributed by atoms with van der Waals surface area (Å²) in [5.41, 5.74) is 1.07. The molecule has 1 aromatic carbocycles. The SMILES string of the molecule is O=C(CCc1ccccc1Cl)Nc1cnccc1C(=O)O. The van der Waals surface area contributed by atoms with Crippen LogP contribution in [0.1, 0.15) is 22.3 Å². The lowest BCUT2D eigenvalue weighted by Crippen LogP contribution is -2.15. The third-order valence-corrected chi connectivity index (χ3v) is 3.27. The van der Waals surface area contributed by atoms with E-state index in [1.165, 1.54) is 18.5 Å². The van der Waals surface area contributed by atoms with Gasteiger partial charge in [-0.25, -0.2) is 4.79 Å². The van der Waals surface area contributed by atoms with Crippen molar-refractivity contribution in [2.45, 2.75) is 12.8 Å². The number of halogens is 1. The molecular weight excluding hydrogens is 292 g/mol. The summed E-state index contributed by atoms with van der Waals surface area (Å²) >= 11 is 6.02. The van der Waals surface area contributed by atoms with Gasteiger partial charge in [-0.1, -0.05) is 29.8 Å². The number of carbonyl (C=O) groups excluding carboxylic acids is 1. The highest BCUT2D eigenvalue weighted by atomic mass is 35.5. The van der Waals surface area contributed by atoms with Crippen molar-refractivity contribution in [3.8, 4) is 0 Å². The van der Waals surface area contributed by atoms with Crippen LogP contribution in [0.2, 0.25) is 5.02 Å². The molecule has 1 heterocycles. The minimum atomic E-state index is -1.11. The quantitative estimate of drug-likeness (QED) is 0.890. The number of pyridine rings is 1. The normalized spacial score (nSPS) is 10.1. The summed E-state index contributed by atoms with van der Waals surface area (Å²) in [5, 5.41) is 12.2. The van der Waals surface area contributed by atoms with E-state index in [1.54, 1.807) is 6.07 Å². The Morgan fingerprint density at radius 1 is 1.24 bits per heavy atom. The second-order valence-corrected chi connectivity index (χ2v) is 4.77. The van der Waals surface area contributed by atoms with Gasteiger partial charge < -0.3 is 10.4 Å². The molecule has 0 aliphatic rings. The van der Waals surface area contributed by atoms with Crippen LogP contribution >= 0.6 is 11.6 Å². The van der Waals surface area contributed by atoms with Gasteiger partial charge in [0.25, 0.3) is 0 Å². The monoisotopic (exact) mass is 304 g/mol. The number of hydrogen-bond acceptors (Lipinski definition) is 3. The lowest BCUT2D eigenvalue weighted by molar-refractivity contribution is -0.116. The number of anilines is 1. The van der Waals surface area contributed by atoms with E-state index in [4.69, 9.17) is 16.7 Å². The molecule has 0 atom stereocenters. The van der Waals surface area contributed by atoms with Crippen LogP contribution in [0.5, 0.6) is 0 Å². The first-order valence-corrected chi connectivity index (χ1v) is 6.66. The van der Waals surface area contributed by atoms with Crippen molar-refractivity contribution in [2.75, 3.05) is 5.32 Å². The number of carbonyl (C=O) groups is 2. The van der Waals surface area contributed by atoms with Gasteiger partial charge in [0.1, 0.15) is 0 Å². The highest BCUT2D eigenvalue weighted by molar-refractivity contribution is 6.31. The largest absolute Gasteiger partial charge is 0.478 e. The van der Waals surface area contributed by atoms with Gasteiger partial charge in [0.2, 0.25) is 5.91 Å². The van der Waals surface area contributed by atoms with Crippen molar-refractivity contribution in [2.24, 2.45) is 0 Å². The first-order valence-electron chi connectivity index (χ1n) is 6.28. The van der Waals surface area contributed by atoms with Crippen LogP contribution in [0.25, 0.3) is 0 Å². The molecule has 6 heteroatoms. The Morgan fingerprint density at radius 2 is 2.00 bits per heavy atom. The topological polar surface area (TPSA) is 79.3 Å². The van der Waals surface area contributed by atoms with Crippen LogP contribution in [0.4, 0.5) is 5.69 Å². The molecule has 108 valence electrons. The molecule has 5 nitrogen and oxygen atoms in total. The number of amides is 1. The summed E-state index contributed by atoms with van der Waals surface area (Å²) in [6, 6.07) is 8.62. The van der Waals surface area contributed by atoms with Gasteiger partial charge in [0.05, 0.1) is 17.4 Å². The Bertz CT molecular complexity index is 673. The average molecular weight is 305 g/mol. The molecule has 0 aliphatic carbocycles. The Balaban J connectivity index is 2.00. The zero-order valence-electron chi connectivity index (χ0n) is 11.0. The van der Waals surface area contributed by atoms with Crippen LogP contribution in [0, 0.1) is 0 Å². The number of aromatic nitrogens is 1. The molecule has 0 fully saturated rings. The standard InChI is InChI=1S/C15H13ClN2O3/c16-12-4-2-1-3-10(12)5-6-14(19)18-13-9-17-8-7-11(13)15(20)21/h1-4,7-9H,5-6H2,(H,18,19)(H,20,21). The molecule has 0 saturated carbocycles. The van der Waals surface area contributed by atoms with E-state index < -0.39 is 5.97 Å². The molecule has 1 amide bonds. The van der Waals surface area contributed by atoms with E-state index in [9.17, 15) is 9.59 Å². The summed E-state index contributed by atoms with van der Waals surface area (Å²) in [6.45, 7) is 0. The molecule has 2 rings (SSSR count). The summed E-state index contributed by atoms with van der Waals surface area (Å²) < 4.78 is 0. The van der Waals surface area contributed by atoms with Crippen molar-refractivity contribution in [1.29, 1.82) is 0 Å². The predicted molar refractivity (Wildman–Crippen MR) is 79.6 cm³/mol. The van der Waals surface area contributed by atoms with Crippen LogP contribution in [-0.4, -0.2) is 22.0 Å². The molecule has 2 aromatic rings. The minimum Gasteiger partial charge on any atom is -0.478 e. The van der Waals surface area contributed by atoms with Gasteiger partial charge >= 0.3 is 5.97 Å². The Hall–Kier alpha value is -2.40. The van der Waals surface area contributed by atoms with Crippen LogP contribution in [-0.2, 0) is 11.2 Å². The van der Waals surface area contributed by atoms with Crippen LogP contribution < -0.4 is 5.32 Å². The fourth-order valence-corrected chi connectivity index (χ4v) is 2.07. The minimum absolute atomic E-state index is 0.0103. The second kappa shape index (κ2) is 6.85. The third-order valence-electron chi connectivity index (χ3n) is 2.90. The number of carboxylic acids is 1. The highest BCUT2D eigenvalue weighted by Gasteiger charge is 2.12. The molecule has 0 spiro atoms. The molecule has 0 bridgehead atoms. The van der Waals surface area contributed by atoms with Gasteiger partial charge in [-0.2, -0.15) is 0 Å². The first kappa shape index (κ1) is 15.0. The smallest absolute Gasteiger partial charge is 0.337 e. The number of rotatable bonds is 5. The van der Waals surface area contributed by atoms with E-state index >= 15 is 0 Å². The molecule has 0 radical (unpaired) electrons. The van der Waals surface area contributed by atoms with Crippen LogP contribution in [0.15, 0.2) is 42.7 Å². The van der Waals surface area contributed by atoms with E-state index in [1.807, 2.05) is 18.2 Å². The average Bonchev–Trinajstić information content (AvgIpc) is 2.47. The first-order chi connectivity index (χ1) is 10.1. The van der Waals surface area contributed by atoms with E-state index in [0.717, 1.165) is 5.56 Å². The molecular formula is C15H13ClN2O3. The Labute approximate surface area is 126 Å². The fraction of sp³-hybridized carbons (Fsp3) is 0.133. The zero-order valence-corrected chi connectivity index (χ0v) is 11.8. The lowest BCUT2D eigenvalue weighted by atomic mass is 10.1. The van der Waals surface area contributed by atoms with E-state index in [-0.39, 0.29) is 23.6 Å². The molecule has 0 unspecified atom stereocenters. The summed E-state index contributed by atoms with van der Waals surface area (Å²) in [4.78, 5) is 26.7. The van der Waals surface area contributed by atoms with Crippen LogP contribution in [0.3, 0.4) is 0 Å². The summed E-state index contributed by atoms with van der Waals surface area (Å²) in [5.74, 6) is -1.40. The maximum Gasteiger partial charge on any atom is 0.337 e. The molecule has 2 N–H and O–H groups in total. The number of aromatic carboxylic acids is 1. The number of aryl methyl sites for hydroxylation is 1. The van der Waals surface area contributed by atoms with Gasteiger partial charge in [0, 0.05) is 17.6 Å². The summed E-state index contributed by atoms with van der Waals surface area (Å²) in [7, 11) is 0. The number of benzene rings is 1. The van der Waals surface area contributed by atoms with Gasteiger partial charge in [0.15, 0.2) is 0 Å². The van der Waals surface area contributed by atoms with Gasteiger partial charge in [-0.3, -0.25) is 9.78 Å². The zero-order chi connectivity index (χ0) is 15.2. The second-order valence-electron chi connectivity index (χ2n) is 4.37. The summed E-state index contributed by atoms with van der Waals surface area (Å²) in [6.07, 6.45) is 3.37. The maximum absolute atomic E-state index is 11.9. The molecule has 0 aliphatic heterocycles. The van der Waals surface area contributed by atoms with E-state index in [0.29, 0.717) is 11.4 Å². The fourth-order valence-electron chi connectivity index (χ4n) is 1.84. The van der Waals surface area contributed by atoms with Gasteiger partial charge in [-0.15, -0.1) is 0 Å². The molecule has 21 heavy (non-hydrogen) atoms. The van der Waals surface area contributed by atoms with Crippen molar-refractivity contribution in [1.82, 2.24) is 4.98 Å². The number of nitrogens with zero attached hydrogens (tertiary/aromatic N) is 1. The van der Waals surface area contributed by atoms with Gasteiger partial charge in [-0.05, 0) is 24.1 Å². The predicted octanol–water partition coefficient (Wildman–Crippen LogP) is 3.00. The Kier molecular flexibility index (Phi) is 4.90.